The molecule has 2 aliphatic heterocycles. The first-order valence-electron chi connectivity index (χ1n) is 9.81. The van der Waals surface area contributed by atoms with E-state index in [-0.39, 0.29) is 36.0 Å². The average Bonchev–Trinajstić information content (AvgIpc) is 3.38. The lowest BCUT2D eigenvalue weighted by Gasteiger charge is -2.20. The molecule has 2 saturated heterocycles. The van der Waals surface area contributed by atoms with E-state index < -0.39 is 11.9 Å². The maximum atomic E-state index is 12.7. The highest BCUT2D eigenvalue weighted by atomic mass is 16.4. The van der Waals surface area contributed by atoms with E-state index in [1.807, 2.05) is 24.3 Å². The summed E-state index contributed by atoms with van der Waals surface area (Å²) in [5.41, 5.74) is 2.20. The maximum Gasteiger partial charge on any atom is 0.337 e. The Labute approximate surface area is 168 Å². The fourth-order valence-electron chi connectivity index (χ4n) is 3.96. The molecule has 0 radical (unpaired) electrons. The first kappa shape index (κ1) is 19.0. The molecule has 1 atom stereocenters. The lowest BCUT2D eigenvalue weighted by atomic mass is 10.1. The molecular weight excluding hydrogens is 370 g/mol. The van der Waals surface area contributed by atoms with Crippen LogP contribution in [0.5, 0.6) is 0 Å². The lowest BCUT2D eigenvalue weighted by molar-refractivity contribution is -0.122. The number of benzene rings is 2. The molecule has 29 heavy (non-hydrogen) atoms. The topological polar surface area (TPSA) is 89.9 Å². The van der Waals surface area contributed by atoms with Crippen LogP contribution in [0, 0.1) is 5.92 Å². The van der Waals surface area contributed by atoms with Crippen molar-refractivity contribution >= 4 is 34.8 Å². The Balaban J connectivity index is 1.44. The van der Waals surface area contributed by atoms with Crippen molar-refractivity contribution in [3.05, 3.63) is 54.1 Å². The zero-order valence-corrected chi connectivity index (χ0v) is 16.0. The molecule has 2 heterocycles. The number of carbonyl (C=O) groups is 3. The molecular formula is C22H23N3O4. The molecule has 2 fully saturated rings. The summed E-state index contributed by atoms with van der Waals surface area (Å²) in [5, 5.41) is 11.9. The standard InChI is InChI=1S/C22H23N3O4/c26-20-13-15(21(27)23-19-6-2-1-5-18(19)22(28)29)14-25(20)17-9-7-16(8-10-17)24-11-3-4-12-24/h1-2,5-10,15H,3-4,11-14H2,(H,23,27)(H,28,29). The molecule has 1 unspecified atom stereocenters. The van der Waals surface area contributed by atoms with Gasteiger partial charge in [0.25, 0.3) is 0 Å². The zero-order valence-electron chi connectivity index (χ0n) is 16.0. The number of hydrogen-bond donors (Lipinski definition) is 2. The van der Waals surface area contributed by atoms with Gasteiger partial charge in [-0.1, -0.05) is 12.1 Å². The van der Waals surface area contributed by atoms with Gasteiger partial charge in [-0.05, 0) is 49.2 Å². The van der Waals surface area contributed by atoms with Crippen LogP contribution in [0.25, 0.3) is 0 Å². The number of rotatable bonds is 5. The quantitative estimate of drug-likeness (QED) is 0.815. The normalized spacial score (nSPS) is 18.9. The van der Waals surface area contributed by atoms with Crippen molar-refractivity contribution in [2.45, 2.75) is 19.3 Å². The lowest BCUT2D eigenvalue weighted by Crippen LogP contribution is -2.28. The third-order valence-corrected chi connectivity index (χ3v) is 5.54. The third kappa shape index (κ3) is 3.94. The summed E-state index contributed by atoms with van der Waals surface area (Å²) < 4.78 is 0. The summed E-state index contributed by atoms with van der Waals surface area (Å²) in [6, 6.07) is 14.1. The number of hydrogen-bond acceptors (Lipinski definition) is 4. The van der Waals surface area contributed by atoms with Gasteiger partial charge >= 0.3 is 5.97 Å². The van der Waals surface area contributed by atoms with Crippen LogP contribution in [0.15, 0.2) is 48.5 Å². The molecule has 0 aromatic heterocycles. The van der Waals surface area contributed by atoms with Crippen LogP contribution in [0.3, 0.4) is 0 Å². The SMILES string of the molecule is O=C(O)c1ccccc1NC(=O)C1CC(=O)N(c2ccc(N3CCCC3)cc2)C1. The summed E-state index contributed by atoms with van der Waals surface area (Å²) in [4.78, 5) is 40.4. The number of nitrogens with one attached hydrogen (secondary N) is 1. The summed E-state index contributed by atoms with van der Waals surface area (Å²) in [6.07, 6.45) is 2.51. The Hall–Kier alpha value is -3.35. The van der Waals surface area contributed by atoms with Gasteiger partial charge in [0.2, 0.25) is 11.8 Å². The van der Waals surface area contributed by atoms with E-state index in [0.29, 0.717) is 0 Å². The molecule has 2 amide bonds. The van der Waals surface area contributed by atoms with Crippen molar-refractivity contribution in [2.24, 2.45) is 5.92 Å². The number of amides is 2. The molecule has 7 heteroatoms. The van der Waals surface area contributed by atoms with Crippen LogP contribution in [-0.4, -0.2) is 42.5 Å². The van der Waals surface area contributed by atoms with Gasteiger partial charge in [0.05, 0.1) is 17.2 Å². The molecule has 4 rings (SSSR count). The first-order valence-corrected chi connectivity index (χ1v) is 9.81. The first-order chi connectivity index (χ1) is 14.0. The molecule has 0 saturated carbocycles. The van der Waals surface area contributed by atoms with Crippen LogP contribution in [0.1, 0.15) is 29.6 Å². The summed E-state index contributed by atoms with van der Waals surface area (Å²) >= 11 is 0. The minimum absolute atomic E-state index is 0.0273. The Morgan fingerprint density at radius 2 is 1.62 bits per heavy atom. The van der Waals surface area contributed by atoms with Gasteiger partial charge in [-0.15, -0.1) is 0 Å². The van der Waals surface area contributed by atoms with E-state index in [1.165, 1.54) is 18.9 Å². The number of carbonyl (C=O) groups excluding carboxylic acids is 2. The second-order valence-electron chi connectivity index (χ2n) is 7.46. The van der Waals surface area contributed by atoms with Crippen LogP contribution < -0.4 is 15.1 Å². The van der Waals surface area contributed by atoms with Gasteiger partial charge in [0, 0.05) is 37.4 Å². The Bertz CT molecular complexity index is 935. The zero-order chi connectivity index (χ0) is 20.4. The number of nitrogens with zero attached hydrogens (tertiary/aromatic N) is 2. The number of carboxylic acids is 1. The monoisotopic (exact) mass is 393 g/mol. The second kappa shape index (κ2) is 7.95. The van der Waals surface area contributed by atoms with Crippen molar-refractivity contribution in [2.75, 3.05) is 34.8 Å². The summed E-state index contributed by atoms with van der Waals surface area (Å²) in [7, 11) is 0. The van der Waals surface area contributed by atoms with E-state index in [0.717, 1.165) is 24.5 Å². The van der Waals surface area contributed by atoms with E-state index in [4.69, 9.17) is 0 Å². The van der Waals surface area contributed by atoms with E-state index in [1.54, 1.807) is 23.1 Å². The third-order valence-electron chi connectivity index (χ3n) is 5.54. The molecule has 7 nitrogen and oxygen atoms in total. The molecule has 2 aromatic carbocycles. The molecule has 0 bridgehead atoms. The maximum absolute atomic E-state index is 12.7. The Morgan fingerprint density at radius 1 is 0.966 bits per heavy atom. The Kier molecular flexibility index (Phi) is 5.20. The van der Waals surface area contributed by atoms with Crippen molar-refractivity contribution in [1.29, 1.82) is 0 Å². The van der Waals surface area contributed by atoms with Crippen LogP contribution in [0.2, 0.25) is 0 Å². The van der Waals surface area contributed by atoms with Crippen molar-refractivity contribution < 1.29 is 19.5 Å². The minimum atomic E-state index is -1.11. The van der Waals surface area contributed by atoms with Gasteiger partial charge in [-0.3, -0.25) is 9.59 Å². The number of anilines is 3. The molecule has 2 aliphatic rings. The van der Waals surface area contributed by atoms with Gasteiger partial charge < -0.3 is 20.2 Å². The van der Waals surface area contributed by atoms with Crippen LogP contribution in [0.4, 0.5) is 17.1 Å². The minimum Gasteiger partial charge on any atom is -0.478 e. The second-order valence-corrected chi connectivity index (χ2v) is 7.46. The van der Waals surface area contributed by atoms with Gasteiger partial charge in [0.1, 0.15) is 0 Å². The average molecular weight is 393 g/mol. The fraction of sp³-hybridized carbons (Fsp3) is 0.318. The van der Waals surface area contributed by atoms with Crippen LogP contribution in [-0.2, 0) is 9.59 Å². The molecule has 0 spiro atoms. The number of aromatic carboxylic acids is 1. The molecule has 0 aliphatic carbocycles. The van der Waals surface area contributed by atoms with Crippen molar-refractivity contribution in [3.63, 3.8) is 0 Å². The number of para-hydroxylation sites is 1. The smallest absolute Gasteiger partial charge is 0.337 e. The Morgan fingerprint density at radius 3 is 2.31 bits per heavy atom. The largest absolute Gasteiger partial charge is 0.478 e. The fourth-order valence-corrected chi connectivity index (χ4v) is 3.96. The molecule has 150 valence electrons. The van der Waals surface area contributed by atoms with Crippen LogP contribution >= 0.6 is 0 Å². The molecule has 2 aromatic rings. The summed E-state index contributed by atoms with van der Waals surface area (Å²) in [6.45, 7) is 2.40. The van der Waals surface area contributed by atoms with Gasteiger partial charge in [-0.25, -0.2) is 4.79 Å². The summed E-state index contributed by atoms with van der Waals surface area (Å²) in [5.74, 6) is -2.08. The molecule has 2 N–H and O–H groups in total. The van der Waals surface area contributed by atoms with Crippen molar-refractivity contribution in [1.82, 2.24) is 0 Å². The highest BCUT2D eigenvalue weighted by Crippen LogP contribution is 2.29. The van der Waals surface area contributed by atoms with E-state index in [9.17, 15) is 19.5 Å². The van der Waals surface area contributed by atoms with Crippen molar-refractivity contribution in [3.8, 4) is 0 Å². The highest BCUT2D eigenvalue weighted by molar-refractivity contribution is 6.05. The van der Waals surface area contributed by atoms with Gasteiger partial charge in [-0.2, -0.15) is 0 Å². The highest BCUT2D eigenvalue weighted by Gasteiger charge is 2.35. The van der Waals surface area contributed by atoms with Gasteiger partial charge in [0.15, 0.2) is 0 Å². The van der Waals surface area contributed by atoms with E-state index >= 15 is 0 Å². The predicted octanol–water partition coefficient (Wildman–Crippen LogP) is 2.98. The number of carboxylic acid groups (broad SMARTS) is 1. The predicted molar refractivity (Wildman–Crippen MR) is 110 cm³/mol. The van der Waals surface area contributed by atoms with E-state index in [2.05, 4.69) is 10.2 Å².